The van der Waals surface area contributed by atoms with Crippen molar-refractivity contribution in [2.45, 2.75) is 0 Å². The Labute approximate surface area is 81.2 Å². The molecule has 0 saturated carbocycles. The molecule has 0 N–H and O–H groups in total. The Kier molecular flexibility index (Phi) is 2.61. The predicted octanol–water partition coefficient (Wildman–Crippen LogP) is 2.30. The van der Waals surface area contributed by atoms with Crippen LogP contribution in [0.25, 0.3) is 0 Å². The molecule has 0 radical (unpaired) electrons. The summed E-state index contributed by atoms with van der Waals surface area (Å²) in [5, 5.41) is 19.8. The topological polar surface area (TPSA) is 86.3 Å². The number of rotatable bonds is 2. The summed E-state index contributed by atoms with van der Waals surface area (Å²) in [4.78, 5) is 18.6. The van der Waals surface area contributed by atoms with E-state index in [0.29, 0.717) is 12.1 Å². The highest BCUT2D eigenvalue weighted by Crippen LogP contribution is 2.31. The van der Waals surface area contributed by atoms with Gasteiger partial charge in [-0.05, 0) is 0 Å². The fraction of sp³-hybridized carbons (Fsp3) is 0. The van der Waals surface area contributed by atoms with Gasteiger partial charge in [0.15, 0.2) is 10.8 Å². The van der Waals surface area contributed by atoms with Gasteiger partial charge in [0.1, 0.15) is 0 Å². The molecule has 1 aromatic rings. The normalized spacial score (nSPS) is 9.86. The number of hydrogen-bond donors (Lipinski definition) is 0. The Bertz CT molecular complexity index is 423. The van der Waals surface area contributed by atoms with E-state index in [1.165, 1.54) is 0 Å². The van der Waals surface area contributed by atoms with E-state index in [1.54, 1.807) is 0 Å². The Morgan fingerprint density at radius 3 is 2.21 bits per heavy atom. The van der Waals surface area contributed by atoms with Gasteiger partial charge in [0.05, 0.1) is 22.0 Å². The van der Waals surface area contributed by atoms with Crippen molar-refractivity contribution in [2.75, 3.05) is 0 Å². The predicted molar refractivity (Wildman–Crippen MR) is 44.7 cm³/mol. The first-order valence-electron chi connectivity index (χ1n) is 3.21. The second kappa shape index (κ2) is 3.54. The van der Waals surface area contributed by atoms with Crippen LogP contribution in [0.1, 0.15) is 0 Å². The van der Waals surface area contributed by atoms with E-state index in [9.17, 15) is 24.6 Å². The van der Waals surface area contributed by atoms with Crippen molar-refractivity contribution in [3.05, 3.63) is 43.2 Å². The highest BCUT2D eigenvalue weighted by molar-refractivity contribution is 6.32. The second-order valence-electron chi connectivity index (χ2n) is 2.27. The maximum absolute atomic E-state index is 12.8. The molecule has 14 heavy (non-hydrogen) atoms. The van der Waals surface area contributed by atoms with E-state index in [1.807, 2.05) is 0 Å². The van der Waals surface area contributed by atoms with Crippen LogP contribution in [0.4, 0.5) is 15.8 Å². The van der Waals surface area contributed by atoms with Gasteiger partial charge < -0.3 is 0 Å². The number of nitro groups is 2. The van der Waals surface area contributed by atoms with Crippen LogP contribution in [-0.2, 0) is 0 Å². The van der Waals surface area contributed by atoms with Crippen LogP contribution >= 0.6 is 11.6 Å². The van der Waals surface area contributed by atoms with Crippen molar-refractivity contribution in [3.63, 3.8) is 0 Å². The number of benzene rings is 1. The number of nitrogens with zero attached hydrogens (tertiary/aromatic N) is 2. The van der Waals surface area contributed by atoms with Gasteiger partial charge >= 0.3 is 0 Å². The van der Waals surface area contributed by atoms with Crippen molar-refractivity contribution in [2.24, 2.45) is 0 Å². The number of non-ortho nitro benzene ring substituents is 1. The number of halogens is 2. The minimum Gasteiger partial charge on any atom is -0.258 e. The molecular formula is C6H2ClFN2O4. The number of nitro benzene ring substituents is 2. The lowest BCUT2D eigenvalue weighted by Crippen LogP contribution is -1.95. The van der Waals surface area contributed by atoms with E-state index < -0.39 is 32.1 Å². The molecule has 1 aromatic carbocycles. The lowest BCUT2D eigenvalue weighted by Gasteiger charge is -1.96. The fourth-order valence-electron chi connectivity index (χ4n) is 0.799. The molecule has 0 amide bonds. The zero-order chi connectivity index (χ0) is 10.9. The zero-order valence-electron chi connectivity index (χ0n) is 6.44. The summed E-state index contributed by atoms with van der Waals surface area (Å²) in [6.07, 6.45) is 0. The van der Waals surface area contributed by atoms with Crippen LogP contribution in [0.3, 0.4) is 0 Å². The average molecular weight is 221 g/mol. The molecule has 0 saturated heterocycles. The van der Waals surface area contributed by atoms with Gasteiger partial charge in [0.2, 0.25) is 0 Å². The van der Waals surface area contributed by atoms with Crippen LogP contribution < -0.4 is 0 Å². The lowest BCUT2D eigenvalue weighted by atomic mass is 10.3. The minimum atomic E-state index is -1.19. The molecule has 8 heteroatoms. The molecule has 6 nitrogen and oxygen atoms in total. The minimum absolute atomic E-state index is 0.523. The van der Waals surface area contributed by atoms with Crippen molar-refractivity contribution < 1.29 is 14.2 Å². The lowest BCUT2D eigenvalue weighted by molar-refractivity contribution is -0.394. The monoisotopic (exact) mass is 220 g/mol. The second-order valence-corrected chi connectivity index (χ2v) is 2.65. The summed E-state index contributed by atoms with van der Waals surface area (Å²) in [7, 11) is 0. The van der Waals surface area contributed by atoms with Crippen molar-refractivity contribution in [1.29, 1.82) is 0 Å². The molecule has 0 atom stereocenters. The van der Waals surface area contributed by atoms with Gasteiger partial charge in [-0.1, -0.05) is 11.6 Å². The molecule has 0 heterocycles. The van der Waals surface area contributed by atoms with Gasteiger partial charge in [-0.25, -0.2) is 4.39 Å². The number of hydrogen-bond acceptors (Lipinski definition) is 4. The van der Waals surface area contributed by atoms with E-state index in [0.717, 1.165) is 0 Å². The molecule has 0 unspecified atom stereocenters. The van der Waals surface area contributed by atoms with Gasteiger partial charge in [-0.3, -0.25) is 20.2 Å². The summed E-state index contributed by atoms with van der Waals surface area (Å²) in [5.74, 6) is -1.19. The molecule has 0 aliphatic heterocycles. The molecular weight excluding hydrogens is 219 g/mol. The Balaban J connectivity index is 3.43. The molecule has 0 fully saturated rings. The summed E-state index contributed by atoms with van der Waals surface area (Å²) >= 11 is 5.23. The standard InChI is InChI=1S/C6H2ClFN2O4/c7-6-4(8)1-3(9(11)12)2-5(6)10(13)14/h1-2H. The highest BCUT2D eigenvalue weighted by Gasteiger charge is 2.22. The van der Waals surface area contributed by atoms with E-state index in [4.69, 9.17) is 11.6 Å². The molecule has 0 bridgehead atoms. The van der Waals surface area contributed by atoms with Crippen LogP contribution in [0.2, 0.25) is 5.02 Å². The van der Waals surface area contributed by atoms with Gasteiger partial charge in [0.25, 0.3) is 11.4 Å². The highest BCUT2D eigenvalue weighted by atomic mass is 35.5. The third-order valence-electron chi connectivity index (χ3n) is 1.40. The van der Waals surface area contributed by atoms with Crippen molar-refractivity contribution in [3.8, 4) is 0 Å². The Morgan fingerprint density at radius 1 is 1.21 bits per heavy atom. The van der Waals surface area contributed by atoms with Gasteiger partial charge in [-0.2, -0.15) is 0 Å². The summed E-state index contributed by atoms with van der Waals surface area (Å²) in [6, 6.07) is 1.13. The van der Waals surface area contributed by atoms with E-state index in [-0.39, 0.29) is 0 Å². The maximum atomic E-state index is 12.8. The van der Waals surface area contributed by atoms with Crippen LogP contribution in [0.5, 0.6) is 0 Å². The first-order chi connectivity index (χ1) is 6.43. The first kappa shape index (κ1) is 10.3. The quantitative estimate of drug-likeness (QED) is 0.565. The average Bonchev–Trinajstić information content (AvgIpc) is 2.08. The van der Waals surface area contributed by atoms with Crippen molar-refractivity contribution in [1.82, 2.24) is 0 Å². The van der Waals surface area contributed by atoms with Crippen molar-refractivity contribution >= 4 is 23.0 Å². The van der Waals surface area contributed by atoms with Crippen LogP contribution in [-0.4, -0.2) is 9.85 Å². The maximum Gasteiger partial charge on any atom is 0.297 e. The zero-order valence-corrected chi connectivity index (χ0v) is 7.19. The smallest absolute Gasteiger partial charge is 0.258 e. The summed E-state index contributed by atoms with van der Waals surface area (Å²) in [6.45, 7) is 0. The fourth-order valence-corrected chi connectivity index (χ4v) is 0.977. The molecule has 0 aliphatic rings. The summed E-state index contributed by atoms with van der Waals surface area (Å²) < 4.78 is 12.8. The van der Waals surface area contributed by atoms with E-state index >= 15 is 0 Å². The Hall–Kier alpha value is -1.76. The third-order valence-corrected chi connectivity index (χ3v) is 1.78. The molecule has 0 aliphatic carbocycles. The molecule has 1 rings (SSSR count). The molecule has 0 spiro atoms. The third kappa shape index (κ3) is 1.77. The molecule has 0 aromatic heterocycles. The summed E-state index contributed by atoms with van der Waals surface area (Å²) in [5.41, 5.74) is -1.53. The molecule has 74 valence electrons. The van der Waals surface area contributed by atoms with Crippen LogP contribution in [0, 0.1) is 26.0 Å². The van der Waals surface area contributed by atoms with Gasteiger partial charge in [-0.15, -0.1) is 0 Å². The van der Waals surface area contributed by atoms with Gasteiger partial charge in [0, 0.05) is 0 Å². The first-order valence-corrected chi connectivity index (χ1v) is 3.59. The largest absolute Gasteiger partial charge is 0.297 e. The van der Waals surface area contributed by atoms with Crippen LogP contribution in [0.15, 0.2) is 12.1 Å². The SMILES string of the molecule is O=[N+]([O-])c1cc(F)c(Cl)c([N+](=O)[O-])c1. The Morgan fingerprint density at radius 2 is 1.79 bits per heavy atom. The van der Waals surface area contributed by atoms with E-state index in [2.05, 4.69) is 0 Å².